The minimum Gasteiger partial charge on any atom is -0.492 e. The van der Waals surface area contributed by atoms with Crippen LogP contribution in [-0.4, -0.2) is 27.7 Å². The fourth-order valence-electron chi connectivity index (χ4n) is 2.20. The number of carbonyl (C=O) groups is 1. The van der Waals surface area contributed by atoms with Crippen LogP contribution in [0.15, 0.2) is 29.3 Å². The maximum Gasteiger partial charge on any atom is 0.237 e. The molecule has 0 aliphatic carbocycles. The number of aryl methyl sites for hydroxylation is 2. The summed E-state index contributed by atoms with van der Waals surface area (Å²) in [6.45, 7) is 7.71. The number of nitriles is 1. The van der Waals surface area contributed by atoms with Crippen LogP contribution in [0.5, 0.6) is 5.75 Å². The quantitative estimate of drug-likeness (QED) is 0.630. The number of nitrogens with one attached hydrogen (secondary N) is 1. The molecule has 1 unspecified atom stereocenters. The molecular weight excluding hydrogens is 336 g/mol. The van der Waals surface area contributed by atoms with Gasteiger partial charge in [-0.05, 0) is 39.8 Å². The highest BCUT2D eigenvalue weighted by Crippen LogP contribution is 2.29. The summed E-state index contributed by atoms with van der Waals surface area (Å²) in [5.41, 5.74) is 1.65. The number of anilines is 1. The molecule has 2 rings (SSSR count). The maximum atomic E-state index is 12.5. The van der Waals surface area contributed by atoms with E-state index in [2.05, 4.69) is 21.4 Å². The smallest absolute Gasteiger partial charge is 0.237 e. The number of carbonyl (C=O) groups excluding carboxylic acids is 1. The van der Waals surface area contributed by atoms with Gasteiger partial charge in [0.2, 0.25) is 5.91 Å². The molecule has 0 spiro atoms. The van der Waals surface area contributed by atoms with Crippen molar-refractivity contribution in [2.24, 2.45) is 0 Å². The molecule has 1 N–H and O–H groups in total. The van der Waals surface area contributed by atoms with Crippen LogP contribution in [0.25, 0.3) is 0 Å². The zero-order chi connectivity index (χ0) is 18.4. The Morgan fingerprint density at radius 2 is 2.08 bits per heavy atom. The Labute approximate surface area is 151 Å². The third-order valence-corrected chi connectivity index (χ3v) is 4.47. The Balaban J connectivity index is 2.16. The van der Waals surface area contributed by atoms with Crippen LogP contribution in [0.2, 0.25) is 0 Å². The van der Waals surface area contributed by atoms with Crippen molar-refractivity contribution in [1.29, 1.82) is 5.26 Å². The number of rotatable bonds is 6. The van der Waals surface area contributed by atoms with E-state index >= 15 is 0 Å². The monoisotopic (exact) mass is 356 g/mol. The summed E-state index contributed by atoms with van der Waals surface area (Å²) in [6, 6.07) is 9.40. The van der Waals surface area contributed by atoms with E-state index in [4.69, 9.17) is 4.74 Å². The van der Waals surface area contributed by atoms with E-state index in [0.29, 0.717) is 40.2 Å². The van der Waals surface area contributed by atoms with Crippen LogP contribution >= 0.6 is 11.8 Å². The van der Waals surface area contributed by atoms with Crippen molar-refractivity contribution in [3.05, 3.63) is 41.3 Å². The first-order valence-electron chi connectivity index (χ1n) is 7.91. The molecule has 1 heterocycles. The van der Waals surface area contributed by atoms with Gasteiger partial charge in [0.15, 0.2) is 0 Å². The molecule has 0 aliphatic heterocycles. The van der Waals surface area contributed by atoms with Crippen LogP contribution in [-0.2, 0) is 4.79 Å². The number of amides is 1. The van der Waals surface area contributed by atoms with Crippen molar-refractivity contribution in [3.8, 4) is 11.8 Å². The lowest BCUT2D eigenvalue weighted by Gasteiger charge is -2.15. The Kier molecular flexibility index (Phi) is 6.37. The van der Waals surface area contributed by atoms with Gasteiger partial charge in [-0.15, -0.1) is 0 Å². The molecule has 0 saturated carbocycles. The van der Waals surface area contributed by atoms with Crippen LogP contribution in [0.1, 0.15) is 30.9 Å². The van der Waals surface area contributed by atoms with Gasteiger partial charge in [-0.2, -0.15) is 5.26 Å². The minimum atomic E-state index is -0.435. The summed E-state index contributed by atoms with van der Waals surface area (Å²) in [5, 5.41) is 12.3. The molecule has 25 heavy (non-hydrogen) atoms. The highest BCUT2D eigenvalue weighted by atomic mass is 32.2. The van der Waals surface area contributed by atoms with E-state index in [9.17, 15) is 10.1 Å². The Bertz CT molecular complexity index is 817. The third kappa shape index (κ3) is 4.70. The van der Waals surface area contributed by atoms with Crippen molar-refractivity contribution in [1.82, 2.24) is 9.97 Å². The van der Waals surface area contributed by atoms with E-state index in [1.807, 2.05) is 25.1 Å². The van der Waals surface area contributed by atoms with Gasteiger partial charge >= 0.3 is 0 Å². The van der Waals surface area contributed by atoms with Gasteiger partial charge in [-0.3, -0.25) is 4.79 Å². The number of aromatic nitrogens is 2. The Hall–Kier alpha value is -2.59. The average Bonchev–Trinajstić information content (AvgIpc) is 2.56. The molecule has 0 aliphatic rings. The number of para-hydroxylation sites is 2. The van der Waals surface area contributed by atoms with Gasteiger partial charge in [0.05, 0.1) is 23.2 Å². The summed E-state index contributed by atoms with van der Waals surface area (Å²) in [6.07, 6.45) is 0. The highest BCUT2D eigenvalue weighted by molar-refractivity contribution is 8.00. The number of nitrogens with zero attached hydrogens (tertiary/aromatic N) is 3. The second kappa shape index (κ2) is 8.49. The minimum absolute atomic E-state index is 0.185. The summed E-state index contributed by atoms with van der Waals surface area (Å²) >= 11 is 1.24. The van der Waals surface area contributed by atoms with Crippen LogP contribution in [0.3, 0.4) is 0 Å². The van der Waals surface area contributed by atoms with Gasteiger partial charge in [0.1, 0.15) is 28.2 Å². The zero-order valence-electron chi connectivity index (χ0n) is 14.7. The average molecular weight is 356 g/mol. The number of ether oxygens (including phenoxy) is 1. The molecule has 7 heteroatoms. The fraction of sp³-hybridized carbons (Fsp3) is 0.333. The standard InChI is InChI=1S/C18H20N4O2S/c1-5-24-16-9-7-6-8-15(16)22-17(23)12(3)25-18-14(10-19)11(2)20-13(4)21-18/h6-9,12H,5H2,1-4H3,(H,22,23). The van der Waals surface area contributed by atoms with Crippen LogP contribution < -0.4 is 10.1 Å². The second-order valence-electron chi connectivity index (χ2n) is 5.33. The molecule has 1 amide bonds. The number of hydrogen-bond acceptors (Lipinski definition) is 6. The van der Waals surface area contributed by atoms with Gasteiger partial charge in [-0.25, -0.2) is 9.97 Å². The van der Waals surface area contributed by atoms with Crippen molar-refractivity contribution in [2.45, 2.75) is 38.0 Å². The molecule has 0 saturated heterocycles. The van der Waals surface area contributed by atoms with E-state index in [-0.39, 0.29) is 5.91 Å². The van der Waals surface area contributed by atoms with Crippen molar-refractivity contribution in [3.63, 3.8) is 0 Å². The molecule has 130 valence electrons. The molecule has 1 aromatic carbocycles. The molecule has 1 atom stereocenters. The SMILES string of the molecule is CCOc1ccccc1NC(=O)C(C)Sc1nc(C)nc(C)c1C#N. The lowest BCUT2D eigenvalue weighted by atomic mass is 10.2. The Morgan fingerprint density at radius 1 is 1.36 bits per heavy atom. The van der Waals surface area contributed by atoms with E-state index in [1.54, 1.807) is 26.8 Å². The van der Waals surface area contributed by atoms with Gasteiger partial charge in [0, 0.05) is 0 Å². The highest BCUT2D eigenvalue weighted by Gasteiger charge is 2.20. The fourth-order valence-corrected chi connectivity index (χ4v) is 3.20. The summed E-state index contributed by atoms with van der Waals surface area (Å²) in [5.74, 6) is 1.02. The molecule has 2 aromatic rings. The van der Waals surface area contributed by atoms with Gasteiger partial charge in [-0.1, -0.05) is 23.9 Å². The molecule has 0 bridgehead atoms. The van der Waals surface area contributed by atoms with Crippen molar-refractivity contribution < 1.29 is 9.53 Å². The predicted octanol–water partition coefficient (Wildman–Crippen LogP) is 3.48. The van der Waals surface area contributed by atoms with E-state index in [0.717, 1.165) is 0 Å². The zero-order valence-corrected chi connectivity index (χ0v) is 15.5. The Morgan fingerprint density at radius 3 is 2.76 bits per heavy atom. The van der Waals surface area contributed by atoms with Crippen molar-refractivity contribution in [2.75, 3.05) is 11.9 Å². The first-order valence-corrected chi connectivity index (χ1v) is 8.78. The first kappa shape index (κ1) is 18.7. The third-order valence-electron chi connectivity index (χ3n) is 3.38. The lowest BCUT2D eigenvalue weighted by molar-refractivity contribution is -0.115. The molecule has 0 fully saturated rings. The van der Waals surface area contributed by atoms with Gasteiger partial charge in [0.25, 0.3) is 0 Å². The van der Waals surface area contributed by atoms with Crippen LogP contribution in [0.4, 0.5) is 5.69 Å². The number of benzene rings is 1. The summed E-state index contributed by atoms with van der Waals surface area (Å²) in [7, 11) is 0. The lowest BCUT2D eigenvalue weighted by Crippen LogP contribution is -2.23. The second-order valence-corrected chi connectivity index (χ2v) is 6.66. The number of hydrogen-bond donors (Lipinski definition) is 1. The van der Waals surface area contributed by atoms with Crippen molar-refractivity contribution >= 4 is 23.4 Å². The maximum absolute atomic E-state index is 12.5. The molecule has 0 radical (unpaired) electrons. The first-order chi connectivity index (χ1) is 12.0. The largest absolute Gasteiger partial charge is 0.492 e. The summed E-state index contributed by atoms with van der Waals surface area (Å²) in [4.78, 5) is 21.0. The van der Waals surface area contributed by atoms with Crippen LogP contribution in [0, 0.1) is 25.2 Å². The number of thioether (sulfide) groups is 1. The van der Waals surface area contributed by atoms with E-state index in [1.165, 1.54) is 11.8 Å². The molecular formula is C18H20N4O2S. The topological polar surface area (TPSA) is 87.9 Å². The molecule has 6 nitrogen and oxygen atoms in total. The van der Waals surface area contributed by atoms with E-state index < -0.39 is 5.25 Å². The summed E-state index contributed by atoms with van der Waals surface area (Å²) < 4.78 is 5.52. The molecule has 1 aromatic heterocycles. The van der Waals surface area contributed by atoms with Gasteiger partial charge < -0.3 is 10.1 Å². The predicted molar refractivity (Wildman–Crippen MR) is 97.8 cm³/mol. The normalized spacial score (nSPS) is 11.5.